The summed E-state index contributed by atoms with van der Waals surface area (Å²) >= 11 is 0. The molecule has 0 aromatic heterocycles. The third-order valence-electron chi connectivity index (χ3n) is 7.02. The van der Waals surface area contributed by atoms with Crippen LogP contribution in [0.15, 0.2) is 64.8 Å². The Morgan fingerprint density at radius 2 is 1.97 bits per heavy atom. The maximum Gasteiger partial charge on any atom is 0.335 e. The van der Waals surface area contributed by atoms with Gasteiger partial charge in [-0.2, -0.15) is 15.2 Å². The van der Waals surface area contributed by atoms with Gasteiger partial charge >= 0.3 is 11.9 Å². The predicted molar refractivity (Wildman–Crippen MR) is 145 cm³/mol. The lowest BCUT2D eigenvalue weighted by molar-refractivity contribution is -0.112. The number of nitrogens with one attached hydrogen (secondary N) is 1. The fourth-order valence-electron chi connectivity index (χ4n) is 5.05. The fourth-order valence-corrected chi connectivity index (χ4v) is 5.05. The molecule has 1 unspecified atom stereocenters. The molecule has 0 fully saturated rings. The van der Waals surface area contributed by atoms with Gasteiger partial charge in [-0.15, -0.1) is 0 Å². The molecule has 3 aromatic carbocycles. The number of carbonyl (C=O) groups is 2. The highest BCUT2D eigenvalue weighted by molar-refractivity contribution is 6.71. The minimum Gasteiger partial charge on any atom is -0.505 e. The van der Waals surface area contributed by atoms with E-state index in [2.05, 4.69) is 34.7 Å². The standard InChI is InChI=1S/C29H28N4O4/c1-4-18-8-9-19-10-11-22(15-23(18)19)33-28(35)26(17(3)32-33)31-30-25-13-16(2)12-24(27(25)34)20-6-5-7-21(14-20)29(36)37/h5-7,10-15,18,30,34H,4,8-9H2,1-3H3,(H,36,37). The number of phenolic OH excluding ortho intramolecular Hbond substituents is 1. The smallest absolute Gasteiger partial charge is 0.335 e. The Morgan fingerprint density at radius 1 is 1.16 bits per heavy atom. The minimum absolute atomic E-state index is 0.0985. The van der Waals surface area contributed by atoms with Crippen LogP contribution in [0.25, 0.3) is 11.1 Å². The number of amides is 1. The van der Waals surface area contributed by atoms with E-state index in [9.17, 15) is 19.8 Å². The number of carbonyl (C=O) groups excluding carboxylic acids is 1. The van der Waals surface area contributed by atoms with Crippen LogP contribution in [0.3, 0.4) is 0 Å². The molecule has 1 heterocycles. The summed E-state index contributed by atoms with van der Waals surface area (Å²) in [6.07, 6.45) is 3.25. The molecule has 0 saturated carbocycles. The average molecular weight is 497 g/mol. The molecule has 8 nitrogen and oxygen atoms in total. The summed E-state index contributed by atoms with van der Waals surface area (Å²) in [7, 11) is 0. The van der Waals surface area contributed by atoms with E-state index in [0.717, 1.165) is 24.8 Å². The van der Waals surface area contributed by atoms with Crippen molar-refractivity contribution in [2.24, 2.45) is 10.2 Å². The number of aromatic hydroxyl groups is 1. The van der Waals surface area contributed by atoms with Gasteiger partial charge in [0, 0.05) is 5.56 Å². The molecule has 1 atom stereocenters. The van der Waals surface area contributed by atoms with Crippen LogP contribution in [0.1, 0.15) is 59.7 Å². The molecule has 8 heteroatoms. The van der Waals surface area contributed by atoms with Crippen molar-refractivity contribution in [3.8, 4) is 16.9 Å². The number of aryl methyl sites for hydroxylation is 2. The van der Waals surface area contributed by atoms with Crippen LogP contribution in [0.5, 0.6) is 5.75 Å². The van der Waals surface area contributed by atoms with Crippen molar-refractivity contribution in [2.45, 2.75) is 46.0 Å². The number of hydrogen-bond donors (Lipinski definition) is 3. The first-order valence-corrected chi connectivity index (χ1v) is 12.3. The lowest BCUT2D eigenvalue weighted by atomic mass is 9.98. The number of nitrogens with zero attached hydrogens (tertiary/aromatic N) is 3. The van der Waals surface area contributed by atoms with Gasteiger partial charge < -0.3 is 10.2 Å². The zero-order valence-corrected chi connectivity index (χ0v) is 20.9. The summed E-state index contributed by atoms with van der Waals surface area (Å²) in [5.74, 6) is -0.996. The maximum absolute atomic E-state index is 13.3. The molecule has 0 spiro atoms. The zero-order chi connectivity index (χ0) is 26.3. The molecule has 2 aliphatic rings. The second kappa shape index (κ2) is 9.54. The van der Waals surface area contributed by atoms with Gasteiger partial charge in [-0.25, -0.2) is 4.79 Å². The third-order valence-corrected chi connectivity index (χ3v) is 7.02. The Labute approximate surface area is 215 Å². The van der Waals surface area contributed by atoms with Gasteiger partial charge in [-0.1, -0.05) is 25.1 Å². The van der Waals surface area contributed by atoms with E-state index in [-0.39, 0.29) is 22.9 Å². The van der Waals surface area contributed by atoms with E-state index in [1.54, 1.807) is 31.2 Å². The van der Waals surface area contributed by atoms with Crippen molar-refractivity contribution in [3.63, 3.8) is 0 Å². The maximum atomic E-state index is 13.3. The predicted octanol–water partition coefficient (Wildman–Crippen LogP) is 5.70. The molecule has 0 saturated heterocycles. The SMILES string of the molecule is CCC1CCc2ccc(N3N=C(C)C(=NNc4cc(C)cc(-c5cccc(C(=O)O)c5)c4O)C3=O)cc21. The summed E-state index contributed by atoms with van der Waals surface area (Å²) in [5, 5.41) is 30.4. The monoisotopic (exact) mass is 496 g/mol. The van der Waals surface area contributed by atoms with Crippen LogP contribution in [0, 0.1) is 6.92 Å². The molecule has 1 amide bonds. The number of benzene rings is 3. The van der Waals surface area contributed by atoms with E-state index >= 15 is 0 Å². The Bertz CT molecular complexity index is 1490. The van der Waals surface area contributed by atoms with Crippen LogP contribution < -0.4 is 10.4 Å². The Hall–Kier alpha value is -4.46. The number of carboxylic acids is 1. The molecular weight excluding hydrogens is 468 g/mol. The molecule has 37 heavy (non-hydrogen) atoms. The fraction of sp³-hybridized carbons (Fsp3) is 0.241. The Kier molecular flexibility index (Phi) is 6.25. The van der Waals surface area contributed by atoms with Gasteiger partial charge in [0.25, 0.3) is 0 Å². The van der Waals surface area contributed by atoms with Crippen molar-refractivity contribution in [3.05, 3.63) is 76.9 Å². The molecule has 1 aliphatic carbocycles. The van der Waals surface area contributed by atoms with Gasteiger partial charge in [0.1, 0.15) is 5.75 Å². The number of hydrogen-bond acceptors (Lipinski definition) is 6. The van der Waals surface area contributed by atoms with Crippen LogP contribution in [-0.2, 0) is 11.2 Å². The van der Waals surface area contributed by atoms with Crippen LogP contribution in [0.4, 0.5) is 11.4 Å². The van der Waals surface area contributed by atoms with Crippen molar-refractivity contribution >= 4 is 34.7 Å². The Balaban J connectivity index is 1.42. The molecule has 188 valence electrons. The first-order chi connectivity index (χ1) is 17.8. The van der Waals surface area contributed by atoms with Gasteiger partial charge in [-0.05, 0) is 97.7 Å². The quantitative estimate of drug-likeness (QED) is 0.299. The van der Waals surface area contributed by atoms with Gasteiger partial charge in [0.05, 0.1) is 22.6 Å². The van der Waals surface area contributed by atoms with Gasteiger partial charge in [0.2, 0.25) is 0 Å². The summed E-state index contributed by atoms with van der Waals surface area (Å²) < 4.78 is 0. The van der Waals surface area contributed by atoms with Crippen molar-refractivity contribution in [1.82, 2.24) is 0 Å². The molecule has 0 bridgehead atoms. The summed E-state index contributed by atoms with van der Waals surface area (Å²) in [5.41, 5.74) is 9.03. The van der Waals surface area contributed by atoms with Crippen molar-refractivity contribution < 1.29 is 19.8 Å². The number of hydrazone groups is 2. The van der Waals surface area contributed by atoms with Crippen molar-refractivity contribution in [1.29, 1.82) is 0 Å². The summed E-state index contributed by atoms with van der Waals surface area (Å²) in [6.45, 7) is 5.76. The number of aromatic carboxylic acids is 1. The van der Waals surface area contributed by atoms with Gasteiger partial charge in [-0.3, -0.25) is 10.2 Å². The number of fused-ring (bicyclic) bond motifs is 1. The molecule has 1 aliphatic heterocycles. The van der Waals surface area contributed by atoms with E-state index in [1.807, 2.05) is 13.0 Å². The molecular formula is C29H28N4O4. The first kappa shape index (κ1) is 24.2. The van der Waals surface area contributed by atoms with E-state index in [1.165, 1.54) is 28.3 Å². The highest BCUT2D eigenvalue weighted by Crippen LogP contribution is 2.39. The second-order valence-corrected chi connectivity index (χ2v) is 9.50. The van der Waals surface area contributed by atoms with Crippen LogP contribution >= 0.6 is 0 Å². The van der Waals surface area contributed by atoms with Crippen LogP contribution in [0.2, 0.25) is 0 Å². The topological polar surface area (TPSA) is 115 Å². The number of phenols is 1. The summed E-state index contributed by atoms with van der Waals surface area (Å²) in [6, 6.07) is 15.9. The van der Waals surface area contributed by atoms with Gasteiger partial charge in [0.15, 0.2) is 5.71 Å². The van der Waals surface area contributed by atoms with E-state index in [0.29, 0.717) is 34.1 Å². The molecule has 0 radical (unpaired) electrons. The van der Waals surface area contributed by atoms with E-state index < -0.39 is 5.97 Å². The summed E-state index contributed by atoms with van der Waals surface area (Å²) in [4.78, 5) is 24.6. The Morgan fingerprint density at radius 3 is 2.73 bits per heavy atom. The molecule has 5 rings (SSSR count). The number of carboxylic acid groups (broad SMARTS) is 1. The van der Waals surface area contributed by atoms with Crippen LogP contribution in [-0.4, -0.2) is 33.5 Å². The molecule has 3 aromatic rings. The average Bonchev–Trinajstić information content (AvgIpc) is 3.43. The number of rotatable bonds is 6. The highest BCUT2D eigenvalue weighted by Gasteiger charge is 2.32. The second-order valence-electron chi connectivity index (χ2n) is 9.50. The third kappa shape index (κ3) is 4.46. The lowest BCUT2D eigenvalue weighted by Gasteiger charge is -2.15. The lowest BCUT2D eigenvalue weighted by Crippen LogP contribution is -2.28. The highest BCUT2D eigenvalue weighted by atomic mass is 16.4. The van der Waals surface area contributed by atoms with E-state index in [4.69, 9.17) is 0 Å². The first-order valence-electron chi connectivity index (χ1n) is 12.3. The largest absolute Gasteiger partial charge is 0.505 e. The minimum atomic E-state index is -1.05. The van der Waals surface area contributed by atoms with Crippen molar-refractivity contribution in [2.75, 3.05) is 10.4 Å². The normalized spacial score (nSPS) is 17.8. The zero-order valence-electron chi connectivity index (χ0n) is 20.9. The number of anilines is 2. The molecule has 3 N–H and O–H groups in total.